The first-order valence-corrected chi connectivity index (χ1v) is 8.62. The van der Waals surface area contributed by atoms with Gasteiger partial charge in [0, 0.05) is 10.5 Å². The van der Waals surface area contributed by atoms with E-state index in [1.54, 1.807) is 18.2 Å². The van der Waals surface area contributed by atoms with Gasteiger partial charge < -0.3 is 19.4 Å². The monoisotopic (exact) mass is 391 g/mol. The highest BCUT2D eigenvalue weighted by Gasteiger charge is 2.15. The maximum Gasteiger partial charge on any atom is 0.250 e. The second-order valence-electron chi connectivity index (χ2n) is 5.07. The highest BCUT2D eigenvalue weighted by Crippen LogP contribution is 2.32. The first-order valence-electron chi connectivity index (χ1n) is 7.63. The van der Waals surface area contributed by atoms with Gasteiger partial charge in [0.2, 0.25) is 5.91 Å². The van der Waals surface area contributed by atoms with Crippen LogP contribution in [0.25, 0.3) is 0 Å². The number of nitrogens with zero attached hydrogens (tertiary/aromatic N) is 1. The predicted molar refractivity (Wildman–Crippen MR) is 96.7 cm³/mol. The molecule has 0 aliphatic carbocycles. The van der Waals surface area contributed by atoms with E-state index in [0.717, 1.165) is 18.0 Å². The highest BCUT2D eigenvalue weighted by atomic mass is 32.2. The Morgan fingerprint density at radius 1 is 1.22 bits per heavy atom. The number of carbonyl (C=O) groups is 2. The van der Waals surface area contributed by atoms with Crippen molar-refractivity contribution in [1.82, 2.24) is 5.43 Å². The van der Waals surface area contributed by atoms with Gasteiger partial charge in [-0.05, 0) is 24.3 Å². The van der Waals surface area contributed by atoms with Crippen molar-refractivity contribution in [3.63, 3.8) is 0 Å². The molecule has 7 nitrogen and oxygen atoms in total. The molecule has 0 aliphatic rings. The normalized spacial score (nSPS) is 10.6. The van der Waals surface area contributed by atoms with Gasteiger partial charge in [-0.25, -0.2) is 9.82 Å². The first-order chi connectivity index (χ1) is 13.0. The summed E-state index contributed by atoms with van der Waals surface area (Å²) in [7, 11) is 2.67. The molecular formula is C18H16FN2O5S-. The SMILES string of the molecule is COc1ccc(/C=N\NC(=O)CSc2ccccc2F)c(C(=O)[O-])c1OC. The number of carboxylic acids is 1. The van der Waals surface area contributed by atoms with E-state index in [-0.39, 0.29) is 28.4 Å². The van der Waals surface area contributed by atoms with E-state index < -0.39 is 17.7 Å². The van der Waals surface area contributed by atoms with E-state index in [2.05, 4.69) is 10.5 Å². The summed E-state index contributed by atoms with van der Waals surface area (Å²) in [5, 5.41) is 15.2. The van der Waals surface area contributed by atoms with Crippen LogP contribution in [0.5, 0.6) is 11.5 Å². The molecule has 1 N–H and O–H groups in total. The molecule has 0 aromatic heterocycles. The second-order valence-corrected chi connectivity index (χ2v) is 6.08. The fourth-order valence-electron chi connectivity index (χ4n) is 2.17. The fraction of sp³-hybridized carbons (Fsp3) is 0.167. The molecule has 0 atom stereocenters. The Kier molecular flexibility index (Phi) is 7.18. The highest BCUT2D eigenvalue weighted by molar-refractivity contribution is 8.00. The molecule has 0 aliphatic heterocycles. The molecule has 0 saturated heterocycles. The number of carbonyl (C=O) groups excluding carboxylic acids is 2. The number of methoxy groups -OCH3 is 2. The summed E-state index contributed by atoms with van der Waals surface area (Å²) in [6, 6.07) is 9.03. The summed E-state index contributed by atoms with van der Waals surface area (Å²) in [6.45, 7) is 0. The number of nitrogens with one attached hydrogen (secondary N) is 1. The lowest BCUT2D eigenvalue weighted by Gasteiger charge is -2.15. The van der Waals surface area contributed by atoms with Gasteiger partial charge >= 0.3 is 0 Å². The van der Waals surface area contributed by atoms with Crippen LogP contribution in [0.1, 0.15) is 15.9 Å². The van der Waals surface area contributed by atoms with Crippen LogP contribution in [-0.2, 0) is 4.79 Å². The van der Waals surface area contributed by atoms with Crippen molar-refractivity contribution in [2.45, 2.75) is 4.90 Å². The Labute approximate surface area is 159 Å². The van der Waals surface area contributed by atoms with Crippen molar-refractivity contribution in [2.75, 3.05) is 20.0 Å². The van der Waals surface area contributed by atoms with Crippen molar-refractivity contribution >= 4 is 29.9 Å². The second kappa shape index (κ2) is 9.58. The minimum absolute atomic E-state index is 0.0112. The van der Waals surface area contributed by atoms with Crippen molar-refractivity contribution in [3.8, 4) is 11.5 Å². The lowest BCUT2D eigenvalue weighted by atomic mass is 10.1. The fourth-order valence-corrected chi connectivity index (χ4v) is 2.90. The maximum absolute atomic E-state index is 13.5. The van der Waals surface area contributed by atoms with Crippen molar-refractivity contribution in [3.05, 3.63) is 53.3 Å². The molecule has 0 spiro atoms. The van der Waals surface area contributed by atoms with Gasteiger partial charge in [-0.3, -0.25) is 4.79 Å². The third-order valence-corrected chi connectivity index (χ3v) is 4.42. The largest absolute Gasteiger partial charge is 0.545 e. The molecule has 1 amide bonds. The molecular weight excluding hydrogens is 375 g/mol. The predicted octanol–water partition coefficient (Wildman–Crippen LogP) is 1.45. The zero-order chi connectivity index (χ0) is 19.8. The quantitative estimate of drug-likeness (QED) is 0.415. The van der Waals surface area contributed by atoms with Crippen LogP contribution in [0.4, 0.5) is 4.39 Å². The lowest BCUT2D eigenvalue weighted by Crippen LogP contribution is -2.25. The number of halogens is 1. The smallest absolute Gasteiger partial charge is 0.250 e. The van der Waals surface area contributed by atoms with E-state index in [4.69, 9.17) is 9.47 Å². The first kappa shape index (κ1) is 20.2. The average molecular weight is 391 g/mol. The van der Waals surface area contributed by atoms with Gasteiger partial charge in [0.25, 0.3) is 0 Å². The molecule has 2 aromatic carbocycles. The molecule has 0 bridgehead atoms. The topological polar surface area (TPSA) is 100 Å². The van der Waals surface area contributed by atoms with Gasteiger partial charge in [0.1, 0.15) is 5.82 Å². The van der Waals surface area contributed by atoms with Gasteiger partial charge in [0.05, 0.1) is 37.7 Å². The van der Waals surface area contributed by atoms with Crippen LogP contribution in [0.3, 0.4) is 0 Å². The number of amides is 1. The molecule has 0 fully saturated rings. The number of benzene rings is 2. The molecule has 0 radical (unpaired) electrons. The number of hydrazone groups is 1. The molecule has 2 rings (SSSR count). The van der Waals surface area contributed by atoms with Crippen LogP contribution in [-0.4, -0.2) is 38.1 Å². The van der Waals surface area contributed by atoms with Crippen LogP contribution in [0, 0.1) is 5.82 Å². The maximum atomic E-state index is 13.5. The molecule has 142 valence electrons. The van der Waals surface area contributed by atoms with Crippen LogP contribution < -0.4 is 20.0 Å². The van der Waals surface area contributed by atoms with Gasteiger partial charge in [-0.1, -0.05) is 12.1 Å². The minimum atomic E-state index is -1.48. The molecule has 9 heteroatoms. The Morgan fingerprint density at radius 2 is 1.96 bits per heavy atom. The van der Waals surface area contributed by atoms with Gasteiger partial charge in [-0.2, -0.15) is 5.10 Å². The Hall–Kier alpha value is -3.07. The third-order valence-electron chi connectivity index (χ3n) is 3.37. The zero-order valence-corrected chi connectivity index (χ0v) is 15.3. The molecule has 0 unspecified atom stereocenters. The molecule has 27 heavy (non-hydrogen) atoms. The number of ether oxygens (including phenoxy) is 2. The van der Waals surface area contributed by atoms with Crippen molar-refractivity contribution in [2.24, 2.45) is 5.10 Å². The number of carboxylic acid groups (broad SMARTS) is 1. The van der Waals surface area contributed by atoms with E-state index in [9.17, 15) is 19.1 Å². The van der Waals surface area contributed by atoms with E-state index >= 15 is 0 Å². The Bertz CT molecular complexity index is 873. The number of aromatic carboxylic acids is 1. The van der Waals surface area contributed by atoms with Crippen LogP contribution in [0.2, 0.25) is 0 Å². The number of hydrogen-bond acceptors (Lipinski definition) is 7. The summed E-state index contributed by atoms with van der Waals surface area (Å²) < 4.78 is 23.6. The van der Waals surface area contributed by atoms with Crippen molar-refractivity contribution in [1.29, 1.82) is 0 Å². The minimum Gasteiger partial charge on any atom is -0.545 e. The van der Waals surface area contributed by atoms with Crippen molar-refractivity contribution < 1.29 is 28.6 Å². The third kappa shape index (κ3) is 5.20. The number of thioether (sulfide) groups is 1. The summed E-state index contributed by atoms with van der Waals surface area (Å²) in [5.74, 6) is -2.22. The average Bonchev–Trinajstić information content (AvgIpc) is 2.66. The van der Waals surface area contributed by atoms with E-state index in [0.29, 0.717) is 4.90 Å². The lowest BCUT2D eigenvalue weighted by molar-refractivity contribution is -0.255. The van der Waals surface area contributed by atoms with E-state index in [1.807, 2.05) is 0 Å². The number of hydrogen-bond donors (Lipinski definition) is 1. The van der Waals surface area contributed by atoms with Gasteiger partial charge in [0.15, 0.2) is 11.5 Å². The summed E-state index contributed by atoms with van der Waals surface area (Å²) >= 11 is 1.02. The van der Waals surface area contributed by atoms with Crippen LogP contribution in [0.15, 0.2) is 46.4 Å². The Balaban J connectivity index is 2.06. The Morgan fingerprint density at radius 3 is 2.59 bits per heavy atom. The summed E-state index contributed by atoms with van der Waals surface area (Å²) in [6.07, 6.45) is 1.15. The zero-order valence-electron chi connectivity index (χ0n) is 14.5. The number of rotatable bonds is 8. The van der Waals surface area contributed by atoms with E-state index in [1.165, 1.54) is 32.4 Å². The molecule has 0 saturated carbocycles. The summed E-state index contributed by atoms with van der Waals surface area (Å²) in [4.78, 5) is 23.6. The molecule has 0 heterocycles. The van der Waals surface area contributed by atoms with Gasteiger partial charge in [-0.15, -0.1) is 11.8 Å². The summed E-state index contributed by atoms with van der Waals surface area (Å²) in [5.41, 5.74) is 2.16. The van der Waals surface area contributed by atoms with Crippen LogP contribution >= 0.6 is 11.8 Å². The standard InChI is InChI=1S/C18H17FN2O5S/c1-25-13-8-7-11(16(18(23)24)17(13)26-2)9-20-21-15(22)10-27-14-6-4-3-5-12(14)19/h3-9H,10H2,1-2H3,(H,21,22)(H,23,24)/p-1/b20-9-. The molecule has 2 aromatic rings.